The van der Waals surface area contributed by atoms with E-state index in [0.717, 1.165) is 28.9 Å². The standard InChI is InChI=1S/C27H33N5O2S/c1-7-19(3)15-25-24(18-30-32(25)22-12-9-20(4)10-13-22)23(8-2)27(33)29-17-21-11-14-26(28-16-21)31(5)35(6)34/h8-16,18H,7,17H2,1-6H3,(H,29,33)/b19-15+,23-8+. The van der Waals surface area contributed by atoms with Gasteiger partial charge in [-0.05, 0) is 57.0 Å². The highest BCUT2D eigenvalue weighted by molar-refractivity contribution is 7.85. The van der Waals surface area contributed by atoms with E-state index in [9.17, 15) is 9.00 Å². The van der Waals surface area contributed by atoms with Crippen molar-refractivity contribution < 1.29 is 9.00 Å². The molecule has 35 heavy (non-hydrogen) atoms. The van der Waals surface area contributed by atoms with E-state index in [1.54, 1.807) is 36.1 Å². The zero-order valence-electron chi connectivity index (χ0n) is 21.2. The minimum atomic E-state index is -1.15. The number of carbonyl (C=O) groups is 1. The van der Waals surface area contributed by atoms with E-state index < -0.39 is 11.0 Å². The van der Waals surface area contributed by atoms with Crippen molar-refractivity contribution in [3.05, 3.63) is 82.8 Å². The number of amides is 1. The van der Waals surface area contributed by atoms with E-state index in [1.165, 1.54) is 11.1 Å². The third-order valence-electron chi connectivity index (χ3n) is 5.82. The highest BCUT2D eigenvalue weighted by Crippen LogP contribution is 2.26. The molecule has 0 radical (unpaired) electrons. The molecule has 3 rings (SSSR count). The summed E-state index contributed by atoms with van der Waals surface area (Å²) in [5, 5.41) is 7.62. The summed E-state index contributed by atoms with van der Waals surface area (Å²) in [7, 11) is 0.576. The second-order valence-corrected chi connectivity index (χ2v) is 9.76. The molecule has 0 bridgehead atoms. The van der Waals surface area contributed by atoms with Crippen LogP contribution < -0.4 is 9.62 Å². The third kappa shape index (κ3) is 6.33. The van der Waals surface area contributed by atoms with Gasteiger partial charge in [-0.15, -0.1) is 0 Å². The van der Waals surface area contributed by atoms with Crippen molar-refractivity contribution in [2.24, 2.45) is 0 Å². The quantitative estimate of drug-likeness (QED) is 0.435. The molecule has 3 aromatic rings. The molecule has 0 aliphatic carbocycles. The van der Waals surface area contributed by atoms with Crippen LogP contribution in [0.5, 0.6) is 0 Å². The Balaban J connectivity index is 1.85. The van der Waals surface area contributed by atoms with Crippen LogP contribution in [-0.4, -0.2) is 38.2 Å². The Morgan fingerprint density at radius 1 is 1.17 bits per heavy atom. The van der Waals surface area contributed by atoms with Gasteiger partial charge >= 0.3 is 0 Å². The monoisotopic (exact) mass is 491 g/mol. The lowest BCUT2D eigenvalue weighted by Crippen LogP contribution is -2.24. The highest BCUT2D eigenvalue weighted by atomic mass is 32.2. The molecule has 2 aromatic heterocycles. The molecule has 1 N–H and O–H groups in total. The zero-order valence-corrected chi connectivity index (χ0v) is 22.0. The lowest BCUT2D eigenvalue weighted by Gasteiger charge is -2.14. The van der Waals surface area contributed by atoms with Crippen LogP contribution in [-0.2, 0) is 22.3 Å². The van der Waals surface area contributed by atoms with Crippen molar-refractivity contribution in [3.8, 4) is 5.69 Å². The zero-order chi connectivity index (χ0) is 25.5. The van der Waals surface area contributed by atoms with Gasteiger partial charge in [0.2, 0.25) is 0 Å². The molecule has 7 nitrogen and oxygen atoms in total. The Kier molecular flexibility index (Phi) is 8.76. The van der Waals surface area contributed by atoms with Crippen LogP contribution in [0.25, 0.3) is 17.3 Å². The molecule has 184 valence electrons. The van der Waals surface area contributed by atoms with E-state index >= 15 is 0 Å². The summed E-state index contributed by atoms with van der Waals surface area (Å²) in [6.45, 7) is 8.42. The topological polar surface area (TPSA) is 80.1 Å². The van der Waals surface area contributed by atoms with E-state index in [0.29, 0.717) is 17.9 Å². The summed E-state index contributed by atoms with van der Waals surface area (Å²) in [6, 6.07) is 11.8. The van der Waals surface area contributed by atoms with Crippen molar-refractivity contribution in [1.82, 2.24) is 20.1 Å². The third-order valence-corrected chi connectivity index (χ3v) is 6.78. The molecule has 0 saturated carbocycles. The first-order chi connectivity index (χ1) is 16.7. The first-order valence-electron chi connectivity index (χ1n) is 11.5. The number of anilines is 1. The number of aromatic nitrogens is 3. The molecule has 0 aliphatic rings. The fourth-order valence-electron chi connectivity index (χ4n) is 3.46. The summed E-state index contributed by atoms with van der Waals surface area (Å²) < 4.78 is 15.1. The van der Waals surface area contributed by atoms with Gasteiger partial charge < -0.3 is 5.32 Å². The maximum Gasteiger partial charge on any atom is 0.251 e. The van der Waals surface area contributed by atoms with E-state index in [-0.39, 0.29) is 5.91 Å². The molecule has 1 atom stereocenters. The second kappa shape index (κ2) is 11.8. The summed E-state index contributed by atoms with van der Waals surface area (Å²) in [6.07, 6.45) is 9.84. The Morgan fingerprint density at radius 3 is 2.46 bits per heavy atom. The van der Waals surface area contributed by atoms with Crippen LogP contribution in [0.2, 0.25) is 0 Å². The number of carbonyl (C=O) groups excluding carboxylic acids is 1. The van der Waals surface area contributed by atoms with Crippen LogP contribution in [0.3, 0.4) is 0 Å². The van der Waals surface area contributed by atoms with Gasteiger partial charge in [0.1, 0.15) is 16.8 Å². The number of benzene rings is 1. The van der Waals surface area contributed by atoms with E-state index in [4.69, 9.17) is 0 Å². The van der Waals surface area contributed by atoms with Crippen LogP contribution in [0.15, 0.2) is 60.4 Å². The highest BCUT2D eigenvalue weighted by Gasteiger charge is 2.19. The van der Waals surface area contributed by atoms with Crippen molar-refractivity contribution in [2.75, 3.05) is 17.6 Å². The van der Waals surface area contributed by atoms with Gasteiger partial charge in [-0.1, -0.05) is 42.3 Å². The van der Waals surface area contributed by atoms with Gasteiger partial charge in [0.05, 0.1) is 17.6 Å². The predicted molar refractivity (Wildman–Crippen MR) is 144 cm³/mol. The van der Waals surface area contributed by atoms with Crippen LogP contribution in [0.4, 0.5) is 5.82 Å². The first kappa shape index (κ1) is 26.1. The normalized spacial score (nSPS) is 13.0. The van der Waals surface area contributed by atoms with Crippen molar-refractivity contribution >= 4 is 34.4 Å². The molecule has 0 aliphatic heterocycles. The summed E-state index contributed by atoms with van der Waals surface area (Å²) in [5.74, 6) is 0.428. The Labute approximate surface area is 210 Å². The van der Waals surface area contributed by atoms with Gasteiger partial charge in [-0.3, -0.25) is 9.10 Å². The Morgan fingerprint density at radius 2 is 1.89 bits per heavy atom. The molecule has 1 amide bonds. The fraction of sp³-hybridized carbons (Fsp3) is 0.296. The SMILES string of the molecule is C/C=C(/C(=O)NCc1ccc(N(C)S(C)=O)nc1)c1cnn(-c2ccc(C)cc2)c1/C=C(\C)CC. The van der Waals surface area contributed by atoms with Crippen LogP contribution in [0, 0.1) is 6.92 Å². The van der Waals surface area contributed by atoms with Gasteiger partial charge in [0, 0.05) is 37.2 Å². The molecular weight excluding hydrogens is 458 g/mol. The first-order valence-corrected chi connectivity index (χ1v) is 13.1. The summed E-state index contributed by atoms with van der Waals surface area (Å²) in [5.41, 5.74) is 6.37. The number of rotatable bonds is 9. The molecule has 2 heterocycles. The van der Waals surface area contributed by atoms with Crippen LogP contribution >= 0.6 is 0 Å². The average molecular weight is 492 g/mol. The van der Waals surface area contributed by atoms with Crippen molar-refractivity contribution in [2.45, 2.75) is 40.7 Å². The number of nitrogens with one attached hydrogen (secondary N) is 1. The molecule has 1 aromatic carbocycles. The van der Waals surface area contributed by atoms with Gasteiger partial charge in [-0.25, -0.2) is 13.9 Å². The number of pyridine rings is 1. The number of aryl methyl sites for hydroxylation is 1. The van der Waals surface area contributed by atoms with Crippen molar-refractivity contribution in [3.63, 3.8) is 0 Å². The largest absolute Gasteiger partial charge is 0.348 e. The molecule has 1 unspecified atom stereocenters. The maximum absolute atomic E-state index is 13.2. The minimum Gasteiger partial charge on any atom is -0.348 e. The van der Waals surface area contributed by atoms with Crippen LogP contribution in [0.1, 0.15) is 49.6 Å². The lowest BCUT2D eigenvalue weighted by atomic mass is 10.0. The number of nitrogens with zero attached hydrogens (tertiary/aromatic N) is 4. The van der Waals surface area contributed by atoms with Gasteiger partial charge in [0.15, 0.2) is 0 Å². The second-order valence-electron chi connectivity index (χ2n) is 8.37. The molecule has 8 heteroatoms. The Bertz CT molecular complexity index is 1260. The number of hydrogen-bond acceptors (Lipinski definition) is 4. The molecular formula is C27H33N5O2S. The Hall–Kier alpha value is -3.52. The van der Waals surface area contributed by atoms with Gasteiger partial charge in [0.25, 0.3) is 5.91 Å². The fourth-order valence-corrected chi connectivity index (χ4v) is 3.83. The summed E-state index contributed by atoms with van der Waals surface area (Å²) in [4.78, 5) is 17.6. The number of hydrogen-bond donors (Lipinski definition) is 1. The van der Waals surface area contributed by atoms with Crippen molar-refractivity contribution in [1.29, 1.82) is 0 Å². The minimum absolute atomic E-state index is 0.185. The van der Waals surface area contributed by atoms with Gasteiger partial charge in [-0.2, -0.15) is 5.10 Å². The predicted octanol–water partition coefficient (Wildman–Crippen LogP) is 4.84. The summed E-state index contributed by atoms with van der Waals surface area (Å²) >= 11 is 0. The number of allylic oxidation sites excluding steroid dienone is 2. The molecule has 0 spiro atoms. The maximum atomic E-state index is 13.2. The lowest BCUT2D eigenvalue weighted by molar-refractivity contribution is -0.115. The van der Waals surface area contributed by atoms with E-state index in [2.05, 4.69) is 54.4 Å². The molecule has 0 fully saturated rings. The smallest absolute Gasteiger partial charge is 0.251 e. The molecule has 0 saturated heterocycles. The van der Waals surface area contributed by atoms with E-state index in [1.807, 2.05) is 35.9 Å². The average Bonchev–Trinajstić information content (AvgIpc) is 3.26.